The van der Waals surface area contributed by atoms with Gasteiger partial charge in [-0.2, -0.15) is 0 Å². The number of imide groups is 1. The molecule has 0 aromatic heterocycles. The van der Waals surface area contributed by atoms with Crippen LogP contribution in [0.1, 0.15) is 12.0 Å². The van der Waals surface area contributed by atoms with Gasteiger partial charge in [0.25, 0.3) is 11.8 Å². The third-order valence-electron chi connectivity index (χ3n) is 6.55. The van der Waals surface area contributed by atoms with Gasteiger partial charge in [-0.3, -0.25) is 19.3 Å². The fourth-order valence-electron chi connectivity index (χ4n) is 4.73. The number of methoxy groups -OCH3 is 1. The van der Waals surface area contributed by atoms with Gasteiger partial charge in [0, 0.05) is 26.2 Å². The van der Waals surface area contributed by atoms with Crippen LogP contribution >= 0.6 is 0 Å². The number of anilines is 1. The normalized spacial score (nSPS) is 22.8. The summed E-state index contributed by atoms with van der Waals surface area (Å²) in [5, 5.41) is 0. The molecule has 0 saturated carbocycles. The van der Waals surface area contributed by atoms with Crippen LogP contribution in [0.2, 0.25) is 0 Å². The van der Waals surface area contributed by atoms with Crippen molar-refractivity contribution in [1.82, 2.24) is 9.80 Å². The van der Waals surface area contributed by atoms with Gasteiger partial charge in [0.05, 0.1) is 25.3 Å². The maximum absolute atomic E-state index is 13.3. The molecular weight excluding hydrogens is 438 g/mol. The van der Waals surface area contributed by atoms with E-state index in [0.29, 0.717) is 49.1 Å². The average molecular weight is 466 g/mol. The molecule has 0 spiro atoms. The molecule has 34 heavy (non-hydrogen) atoms. The van der Waals surface area contributed by atoms with E-state index in [2.05, 4.69) is 0 Å². The average Bonchev–Trinajstić information content (AvgIpc) is 3.16. The summed E-state index contributed by atoms with van der Waals surface area (Å²) in [4.78, 5) is 44.1. The summed E-state index contributed by atoms with van der Waals surface area (Å²) in [6.07, 6.45) is -0.583. The summed E-state index contributed by atoms with van der Waals surface area (Å²) >= 11 is 0. The van der Waals surface area contributed by atoms with Gasteiger partial charge in [-0.15, -0.1) is 0 Å². The zero-order valence-corrected chi connectivity index (χ0v) is 19.2. The minimum Gasteiger partial charge on any atom is -0.495 e. The van der Waals surface area contributed by atoms with Crippen LogP contribution < -0.4 is 19.1 Å². The molecule has 2 atom stereocenters. The van der Waals surface area contributed by atoms with Crippen molar-refractivity contribution >= 4 is 23.4 Å². The zero-order chi connectivity index (χ0) is 23.8. The highest BCUT2D eigenvalue weighted by Crippen LogP contribution is 2.35. The first kappa shape index (κ1) is 22.2. The van der Waals surface area contributed by atoms with Crippen LogP contribution in [0.25, 0.3) is 0 Å². The highest BCUT2D eigenvalue weighted by molar-refractivity contribution is 6.23. The van der Waals surface area contributed by atoms with Crippen molar-refractivity contribution in [1.29, 1.82) is 0 Å². The SMILES string of the molecule is COc1ccc(C)cc1N1C(=O)CC(N2CCN(C(=O)C3COc4ccccc4O3)CC2)C1=O. The number of ether oxygens (including phenoxy) is 3. The molecule has 9 nitrogen and oxygen atoms in total. The Labute approximate surface area is 197 Å². The first-order chi connectivity index (χ1) is 16.5. The molecule has 2 fully saturated rings. The number of hydrogen-bond donors (Lipinski definition) is 0. The monoisotopic (exact) mass is 465 g/mol. The predicted molar refractivity (Wildman–Crippen MR) is 123 cm³/mol. The number of para-hydroxylation sites is 2. The fraction of sp³-hybridized carbons (Fsp3) is 0.400. The largest absolute Gasteiger partial charge is 0.495 e. The number of hydrogen-bond acceptors (Lipinski definition) is 7. The smallest absolute Gasteiger partial charge is 0.267 e. The quantitative estimate of drug-likeness (QED) is 0.634. The number of rotatable bonds is 4. The van der Waals surface area contributed by atoms with Crippen LogP contribution in [0.4, 0.5) is 5.69 Å². The molecule has 0 N–H and O–H groups in total. The summed E-state index contributed by atoms with van der Waals surface area (Å²) < 4.78 is 16.9. The Morgan fingerprint density at radius 3 is 2.50 bits per heavy atom. The predicted octanol–water partition coefficient (Wildman–Crippen LogP) is 1.62. The van der Waals surface area contributed by atoms with Gasteiger partial charge < -0.3 is 19.1 Å². The fourth-order valence-corrected chi connectivity index (χ4v) is 4.73. The maximum atomic E-state index is 13.3. The second-order valence-corrected chi connectivity index (χ2v) is 8.69. The van der Waals surface area contributed by atoms with Crippen LogP contribution in [-0.2, 0) is 14.4 Å². The van der Waals surface area contributed by atoms with E-state index < -0.39 is 12.1 Å². The van der Waals surface area contributed by atoms with Gasteiger partial charge in [0.1, 0.15) is 12.4 Å². The lowest BCUT2D eigenvalue weighted by Gasteiger charge is -2.38. The molecular formula is C25H27N3O6. The lowest BCUT2D eigenvalue weighted by atomic mass is 10.1. The van der Waals surface area contributed by atoms with Crippen LogP contribution in [0, 0.1) is 6.92 Å². The van der Waals surface area contributed by atoms with Crippen LogP contribution in [0.5, 0.6) is 17.2 Å². The Bertz CT molecular complexity index is 1130. The van der Waals surface area contributed by atoms with Crippen molar-refractivity contribution in [3.63, 3.8) is 0 Å². The van der Waals surface area contributed by atoms with Crippen molar-refractivity contribution in [2.45, 2.75) is 25.5 Å². The molecule has 9 heteroatoms. The summed E-state index contributed by atoms with van der Waals surface area (Å²) in [6.45, 7) is 3.97. The number of nitrogens with zero attached hydrogens (tertiary/aromatic N) is 3. The van der Waals surface area contributed by atoms with E-state index in [1.165, 1.54) is 12.0 Å². The number of carbonyl (C=O) groups is 3. The van der Waals surface area contributed by atoms with Crippen molar-refractivity contribution in [2.24, 2.45) is 0 Å². The van der Waals surface area contributed by atoms with E-state index in [-0.39, 0.29) is 30.7 Å². The van der Waals surface area contributed by atoms with Crippen molar-refractivity contribution in [2.75, 3.05) is 44.8 Å². The molecule has 3 heterocycles. The van der Waals surface area contributed by atoms with Crippen molar-refractivity contribution in [3.8, 4) is 17.2 Å². The summed E-state index contributed by atoms with van der Waals surface area (Å²) in [7, 11) is 1.52. The summed E-state index contributed by atoms with van der Waals surface area (Å²) in [5.74, 6) is 1.05. The van der Waals surface area contributed by atoms with E-state index in [0.717, 1.165) is 5.56 Å². The van der Waals surface area contributed by atoms with E-state index in [1.807, 2.05) is 36.1 Å². The number of aryl methyl sites for hydroxylation is 1. The summed E-state index contributed by atoms with van der Waals surface area (Å²) in [6, 6.07) is 12.2. The number of amides is 3. The van der Waals surface area contributed by atoms with E-state index in [9.17, 15) is 14.4 Å². The first-order valence-electron chi connectivity index (χ1n) is 11.4. The minimum absolute atomic E-state index is 0.111. The van der Waals surface area contributed by atoms with E-state index >= 15 is 0 Å². The first-order valence-corrected chi connectivity index (χ1v) is 11.4. The molecule has 0 radical (unpaired) electrons. The Morgan fingerprint density at radius 2 is 1.76 bits per heavy atom. The molecule has 178 valence electrons. The maximum Gasteiger partial charge on any atom is 0.267 e. The number of carbonyl (C=O) groups excluding carboxylic acids is 3. The Morgan fingerprint density at radius 1 is 1.03 bits per heavy atom. The molecule has 2 unspecified atom stereocenters. The highest BCUT2D eigenvalue weighted by atomic mass is 16.6. The zero-order valence-electron chi connectivity index (χ0n) is 19.2. The van der Waals surface area contributed by atoms with Crippen molar-refractivity contribution < 1.29 is 28.6 Å². The third-order valence-corrected chi connectivity index (χ3v) is 6.55. The summed E-state index contributed by atoms with van der Waals surface area (Å²) in [5.41, 5.74) is 1.41. The number of benzene rings is 2. The van der Waals surface area contributed by atoms with E-state index in [1.54, 1.807) is 23.1 Å². The van der Waals surface area contributed by atoms with Crippen LogP contribution in [0.15, 0.2) is 42.5 Å². The van der Waals surface area contributed by atoms with Gasteiger partial charge >= 0.3 is 0 Å². The van der Waals surface area contributed by atoms with Gasteiger partial charge in [-0.1, -0.05) is 18.2 Å². The Balaban J connectivity index is 1.22. The molecule has 0 aliphatic carbocycles. The molecule has 2 aromatic rings. The van der Waals surface area contributed by atoms with Crippen LogP contribution in [0.3, 0.4) is 0 Å². The molecule has 2 saturated heterocycles. The second-order valence-electron chi connectivity index (χ2n) is 8.69. The molecule has 3 amide bonds. The van der Waals surface area contributed by atoms with E-state index in [4.69, 9.17) is 14.2 Å². The standard InChI is InChI=1S/C25H27N3O6/c1-16-7-8-19(32-2)17(13-16)28-23(29)14-18(24(28)30)26-9-11-27(12-10-26)25(31)22-15-33-20-5-3-4-6-21(20)34-22/h3-8,13,18,22H,9-12,14-15H2,1-2H3. The Kier molecular flexibility index (Phi) is 5.87. The topological polar surface area (TPSA) is 88.6 Å². The lowest BCUT2D eigenvalue weighted by Crippen LogP contribution is -2.57. The molecule has 3 aliphatic heterocycles. The molecule has 5 rings (SSSR count). The minimum atomic E-state index is -0.694. The molecule has 3 aliphatic rings. The third kappa shape index (κ3) is 3.96. The van der Waals surface area contributed by atoms with Crippen molar-refractivity contribution in [3.05, 3.63) is 48.0 Å². The van der Waals surface area contributed by atoms with Gasteiger partial charge in [-0.05, 0) is 36.8 Å². The number of piperazine rings is 1. The Hall–Kier alpha value is -3.59. The molecule has 0 bridgehead atoms. The van der Waals surface area contributed by atoms with Crippen LogP contribution in [-0.4, -0.2) is 79.6 Å². The second kappa shape index (κ2) is 8.98. The lowest BCUT2D eigenvalue weighted by molar-refractivity contribution is -0.143. The molecule has 2 aromatic carbocycles. The van der Waals surface area contributed by atoms with Gasteiger partial charge in [0.2, 0.25) is 12.0 Å². The van der Waals surface area contributed by atoms with Gasteiger partial charge in [0.15, 0.2) is 11.5 Å². The van der Waals surface area contributed by atoms with Gasteiger partial charge in [-0.25, -0.2) is 4.90 Å². The highest BCUT2D eigenvalue weighted by Gasteiger charge is 2.45. The number of fused-ring (bicyclic) bond motifs is 1.